The zero-order valence-electron chi connectivity index (χ0n) is 15.3. The Hall–Kier alpha value is -2.05. The van der Waals surface area contributed by atoms with Gasteiger partial charge in [-0.25, -0.2) is 0 Å². The molecule has 0 aromatic heterocycles. The first-order chi connectivity index (χ1) is 12.1. The van der Waals surface area contributed by atoms with Gasteiger partial charge in [-0.05, 0) is 37.5 Å². The number of likely N-dealkylation sites (tertiary alicyclic amines) is 1. The van der Waals surface area contributed by atoms with E-state index in [-0.39, 0.29) is 23.7 Å². The molecule has 0 bridgehead atoms. The summed E-state index contributed by atoms with van der Waals surface area (Å²) >= 11 is 0. The van der Waals surface area contributed by atoms with Gasteiger partial charge in [0.15, 0.2) is 0 Å². The van der Waals surface area contributed by atoms with Crippen LogP contribution in [0.15, 0.2) is 24.3 Å². The monoisotopic (exact) mass is 370 g/mol. The zero-order valence-corrected chi connectivity index (χ0v) is 15.3. The van der Waals surface area contributed by atoms with E-state index >= 15 is 0 Å². The molecular weight excluding hydrogens is 345 g/mol. The molecule has 1 heterocycles. The van der Waals surface area contributed by atoms with Crippen LogP contribution in [0.2, 0.25) is 0 Å². The molecule has 1 fully saturated rings. The lowest BCUT2D eigenvalue weighted by atomic mass is 9.94. The van der Waals surface area contributed by atoms with Gasteiger partial charge >= 0.3 is 6.18 Å². The van der Waals surface area contributed by atoms with Crippen LogP contribution in [0.4, 0.5) is 13.2 Å². The van der Waals surface area contributed by atoms with Gasteiger partial charge in [-0.1, -0.05) is 26.0 Å². The summed E-state index contributed by atoms with van der Waals surface area (Å²) in [6.45, 7) is 6.43. The molecule has 1 atom stereocenters. The van der Waals surface area contributed by atoms with E-state index in [1.54, 1.807) is 17.9 Å². The third-order valence-electron chi connectivity index (χ3n) is 4.74. The second-order valence-corrected chi connectivity index (χ2v) is 7.11. The highest BCUT2D eigenvalue weighted by Crippen LogP contribution is 2.31. The van der Waals surface area contributed by atoms with Crippen molar-refractivity contribution in [2.75, 3.05) is 13.1 Å². The normalized spacial score (nSPS) is 17.3. The van der Waals surface area contributed by atoms with Crippen molar-refractivity contribution in [1.82, 2.24) is 10.2 Å². The summed E-state index contributed by atoms with van der Waals surface area (Å²) < 4.78 is 38.5. The summed E-state index contributed by atoms with van der Waals surface area (Å²) in [4.78, 5) is 26.2. The molecule has 1 saturated heterocycles. The molecule has 1 unspecified atom stereocenters. The Morgan fingerprint density at radius 3 is 2.31 bits per heavy atom. The summed E-state index contributed by atoms with van der Waals surface area (Å²) in [6, 6.07) is 4.48. The molecule has 0 spiro atoms. The van der Waals surface area contributed by atoms with E-state index in [0.717, 1.165) is 12.1 Å². The number of hydrogen-bond donors (Lipinski definition) is 1. The Bertz CT molecular complexity index is 650. The topological polar surface area (TPSA) is 49.4 Å². The van der Waals surface area contributed by atoms with Gasteiger partial charge in [0.25, 0.3) is 0 Å². The van der Waals surface area contributed by atoms with Crippen LogP contribution >= 0.6 is 0 Å². The van der Waals surface area contributed by atoms with Gasteiger partial charge in [0.2, 0.25) is 11.8 Å². The average Bonchev–Trinajstić information content (AvgIpc) is 2.60. The number of nitrogens with one attached hydrogen (secondary N) is 1. The van der Waals surface area contributed by atoms with E-state index in [1.807, 2.05) is 13.8 Å². The van der Waals surface area contributed by atoms with Gasteiger partial charge in [-0.15, -0.1) is 0 Å². The standard InChI is InChI=1S/C19H25F3N2O2/c1-12(2)18(26)24-9-7-14(8-10-24)17(25)23-13(3)15-5-4-6-16(11-15)19(20,21)22/h4-6,11-14H,7-10H2,1-3H3,(H,23,25). The molecule has 1 aliphatic heterocycles. The molecule has 2 rings (SSSR count). The summed E-state index contributed by atoms with van der Waals surface area (Å²) in [6.07, 6.45) is -3.27. The first-order valence-corrected chi connectivity index (χ1v) is 8.86. The predicted molar refractivity (Wildman–Crippen MR) is 92.1 cm³/mol. The van der Waals surface area contributed by atoms with Crippen LogP contribution in [0.1, 0.15) is 50.8 Å². The number of benzene rings is 1. The van der Waals surface area contributed by atoms with Gasteiger partial charge in [0, 0.05) is 24.9 Å². The molecular formula is C19H25F3N2O2. The minimum atomic E-state index is -4.41. The van der Waals surface area contributed by atoms with Crippen LogP contribution in [0, 0.1) is 11.8 Å². The van der Waals surface area contributed by atoms with Gasteiger partial charge in [0.05, 0.1) is 11.6 Å². The quantitative estimate of drug-likeness (QED) is 0.877. The second-order valence-electron chi connectivity index (χ2n) is 7.11. The lowest BCUT2D eigenvalue weighted by Gasteiger charge is -2.33. The highest BCUT2D eigenvalue weighted by molar-refractivity contribution is 5.81. The fourth-order valence-electron chi connectivity index (χ4n) is 3.13. The lowest BCUT2D eigenvalue weighted by Crippen LogP contribution is -2.44. The molecule has 0 aliphatic carbocycles. The summed E-state index contributed by atoms with van der Waals surface area (Å²) in [5, 5.41) is 2.80. The van der Waals surface area contributed by atoms with Crippen molar-refractivity contribution in [2.45, 2.75) is 45.8 Å². The van der Waals surface area contributed by atoms with Crippen molar-refractivity contribution >= 4 is 11.8 Å². The van der Waals surface area contributed by atoms with E-state index in [2.05, 4.69) is 5.32 Å². The fraction of sp³-hybridized carbons (Fsp3) is 0.579. The SMILES string of the molecule is CC(C)C(=O)N1CCC(C(=O)NC(C)c2cccc(C(F)(F)F)c2)CC1. The molecule has 4 nitrogen and oxygen atoms in total. The fourth-order valence-corrected chi connectivity index (χ4v) is 3.13. The highest BCUT2D eigenvalue weighted by atomic mass is 19.4. The number of hydrogen-bond acceptors (Lipinski definition) is 2. The largest absolute Gasteiger partial charge is 0.416 e. The number of nitrogens with zero attached hydrogens (tertiary/aromatic N) is 1. The maximum atomic E-state index is 12.8. The van der Waals surface area contributed by atoms with Crippen LogP contribution in [0.5, 0.6) is 0 Å². The number of carbonyl (C=O) groups excluding carboxylic acids is 2. The molecule has 1 aliphatic rings. The minimum absolute atomic E-state index is 0.0682. The Kier molecular flexibility index (Phi) is 6.31. The number of carbonyl (C=O) groups is 2. The van der Waals surface area contributed by atoms with E-state index < -0.39 is 17.8 Å². The van der Waals surface area contributed by atoms with Crippen LogP contribution in [0.3, 0.4) is 0 Å². The van der Waals surface area contributed by atoms with Crippen LogP contribution in [0.25, 0.3) is 0 Å². The summed E-state index contributed by atoms with van der Waals surface area (Å²) in [5.74, 6) is -0.381. The molecule has 0 saturated carbocycles. The van der Waals surface area contributed by atoms with Gasteiger partial charge in [-0.2, -0.15) is 13.2 Å². The van der Waals surface area contributed by atoms with Crippen molar-refractivity contribution in [3.8, 4) is 0 Å². The average molecular weight is 370 g/mol. The summed E-state index contributed by atoms with van der Waals surface area (Å²) in [7, 11) is 0. The Morgan fingerprint density at radius 2 is 1.77 bits per heavy atom. The molecule has 1 aromatic rings. The lowest BCUT2D eigenvalue weighted by molar-refractivity contribution is -0.138. The van der Waals surface area contributed by atoms with Crippen LogP contribution in [-0.2, 0) is 15.8 Å². The maximum absolute atomic E-state index is 12.8. The first kappa shape index (κ1) is 20.3. The number of halogens is 3. The second kappa shape index (κ2) is 8.10. The Morgan fingerprint density at radius 1 is 1.15 bits per heavy atom. The molecule has 144 valence electrons. The molecule has 26 heavy (non-hydrogen) atoms. The highest BCUT2D eigenvalue weighted by Gasteiger charge is 2.32. The van der Waals surface area contributed by atoms with Gasteiger partial charge in [-0.3, -0.25) is 9.59 Å². The van der Waals surface area contributed by atoms with Crippen molar-refractivity contribution in [3.63, 3.8) is 0 Å². The summed E-state index contributed by atoms with van der Waals surface area (Å²) in [5.41, 5.74) is -0.308. The zero-order chi connectivity index (χ0) is 19.5. The number of amides is 2. The van der Waals surface area contributed by atoms with E-state index in [1.165, 1.54) is 6.07 Å². The predicted octanol–water partition coefficient (Wildman–Crippen LogP) is 3.78. The Balaban J connectivity index is 1.93. The molecule has 1 aromatic carbocycles. The minimum Gasteiger partial charge on any atom is -0.349 e. The van der Waals surface area contributed by atoms with E-state index in [9.17, 15) is 22.8 Å². The number of piperidine rings is 1. The van der Waals surface area contributed by atoms with Crippen molar-refractivity contribution < 1.29 is 22.8 Å². The van der Waals surface area contributed by atoms with Crippen LogP contribution in [-0.4, -0.2) is 29.8 Å². The maximum Gasteiger partial charge on any atom is 0.416 e. The van der Waals surface area contributed by atoms with Gasteiger partial charge < -0.3 is 10.2 Å². The molecule has 7 heteroatoms. The Labute approximate surface area is 151 Å². The molecule has 1 N–H and O–H groups in total. The van der Waals surface area contributed by atoms with Crippen molar-refractivity contribution in [1.29, 1.82) is 0 Å². The first-order valence-electron chi connectivity index (χ1n) is 8.86. The smallest absolute Gasteiger partial charge is 0.349 e. The number of alkyl halides is 3. The third-order valence-corrected chi connectivity index (χ3v) is 4.74. The van der Waals surface area contributed by atoms with E-state index in [4.69, 9.17) is 0 Å². The van der Waals surface area contributed by atoms with Crippen molar-refractivity contribution in [2.24, 2.45) is 11.8 Å². The van der Waals surface area contributed by atoms with E-state index in [0.29, 0.717) is 31.5 Å². The van der Waals surface area contributed by atoms with Crippen LogP contribution < -0.4 is 5.32 Å². The van der Waals surface area contributed by atoms with Crippen molar-refractivity contribution in [3.05, 3.63) is 35.4 Å². The number of rotatable bonds is 4. The van der Waals surface area contributed by atoms with Gasteiger partial charge in [0.1, 0.15) is 0 Å². The molecule has 2 amide bonds. The third kappa shape index (κ3) is 4.99. The molecule has 0 radical (unpaired) electrons.